The van der Waals surface area contributed by atoms with Gasteiger partial charge in [-0.1, -0.05) is 13.8 Å². The van der Waals surface area contributed by atoms with Gasteiger partial charge in [-0.15, -0.1) is 0 Å². The number of hydrogen-bond donors (Lipinski definition) is 0. The molecule has 3 atom stereocenters. The van der Waals surface area contributed by atoms with E-state index in [0.717, 1.165) is 22.2 Å². The fraction of sp³-hybridized carbons (Fsp3) is 1.00. The maximum atomic E-state index is 2.42. The van der Waals surface area contributed by atoms with Crippen LogP contribution in [0.25, 0.3) is 0 Å². The molecule has 1 saturated carbocycles. The first kappa shape index (κ1) is 11.0. The summed E-state index contributed by atoms with van der Waals surface area (Å²) in [6, 6.07) is 0. The van der Waals surface area contributed by atoms with Gasteiger partial charge in [0, 0.05) is 0 Å². The van der Waals surface area contributed by atoms with Gasteiger partial charge in [0.25, 0.3) is 0 Å². The van der Waals surface area contributed by atoms with Crippen LogP contribution < -0.4 is 0 Å². The molecule has 0 aromatic heterocycles. The minimum atomic E-state index is 0.993. The Kier molecular flexibility index (Phi) is 3.39. The Morgan fingerprint density at radius 3 is 2.15 bits per heavy atom. The fourth-order valence-electron chi connectivity index (χ4n) is 2.38. The lowest BCUT2D eigenvalue weighted by atomic mass is 9.65. The van der Waals surface area contributed by atoms with Crippen molar-refractivity contribution < 1.29 is 4.48 Å². The van der Waals surface area contributed by atoms with Crippen LogP contribution in [0.15, 0.2) is 0 Å². The van der Waals surface area contributed by atoms with Crippen molar-refractivity contribution in [1.82, 2.24) is 0 Å². The average molecular weight is 184 g/mol. The summed E-state index contributed by atoms with van der Waals surface area (Å²) in [6.07, 6.45) is 4.35. The van der Waals surface area contributed by atoms with Crippen LogP contribution in [0.1, 0.15) is 33.1 Å². The van der Waals surface area contributed by atoms with Crippen LogP contribution in [-0.4, -0.2) is 32.2 Å². The third-order valence-corrected chi connectivity index (χ3v) is 3.72. The Morgan fingerprint density at radius 1 is 1.15 bits per heavy atom. The predicted molar refractivity (Wildman–Crippen MR) is 58.6 cm³/mol. The van der Waals surface area contributed by atoms with Crippen molar-refractivity contribution in [3.8, 4) is 0 Å². The summed E-state index contributed by atoms with van der Waals surface area (Å²) >= 11 is 0. The second-order valence-electron chi connectivity index (χ2n) is 5.99. The van der Waals surface area contributed by atoms with Gasteiger partial charge in [-0.3, -0.25) is 0 Å². The Morgan fingerprint density at radius 2 is 1.77 bits per heavy atom. The summed E-state index contributed by atoms with van der Waals surface area (Å²) in [5, 5.41) is 0. The quantitative estimate of drug-likeness (QED) is 0.589. The van der Waals surface area contributed by atoms with E-state index in [1.807, 2.05) is 0 Å². The first-order valence-corrected chi connectivity index (χ1v) is 5.70. The Labute approximate surface area is 83.7 Å². The largest absolute Gasteiger partial charge is 0.331 e. The molecule has 0 radical (unpaired) electrons. The molecule has 1 rings (SSSR count). The molecule has 1 aliphatic rings. The molecule has 13 heavy (non-hydrogen) atoms. The van der Waals surface area contributed by atoms with E-state index in [-0.39, 0.29) is 0 Å². The van der Waals surface area contributed by atoms with Gasteiger partial charge in [0.1, 0.15) is 0 Å². The van der Waals surface area contributed by atoms with Crippen LogP contribution >= 0.6 is 0 Å². The SMILES string of the molecule is CC1CC(CCC[N+](C)(C)C)C1C. The van der Waals surface area contributed by atoms with Crippen molar-refractivity contribution in [2.24, 2.45) is 17.8 Å². The maximum absolute atomic E-state index is 2.42. The van der Waals surface area contributed by atoms with Gasteiger partial charge < -0.3 is 4.48 Å². The van der Waals surface area contributed by atoms with E-state index in [9.17, 15) is 0 Å². The van der Waals surface area contributed by atoms with Crippen LogP contribution in [0.5, 0.6) is 0 Å². The van der Waals surface area contributed by atoms with Gasteiger partial charge in [0.05, 0.1) is 27.7 Å². The minimum Gasteiger partial charge on any atom is -0.331 e. The highest BCUT2D eigenvalue weighted by Crippen LogP contribution is 2.42. The third kappa shape index (κ3) is 3.30. The standard InChI is InChI=1S/C12H26N/c1-10-9-12(11(10)2)7-6-8-13(3,4)5/h10-12H,6-9H2,1-5H3/q+1. The molecule has 0 aromatic carbocycles. The van der Waals surface area contributed by atoms with Crippen LogP contribution in [-0.2, 0) is 0 Å². The zero-order valence-electron chi connectivity index (χ0n) is 10.0. The monoisotopic (exact) mass is 184 g/mol. The molecule has 1 fully saturated rings. The van der Waals surface area contributed by atoms with Crippen molar-refractivity contribution in [1.29, 1.82) is 0 Å². The van der Waals surface area contributed by atoms with Crippen molar-refractivity contribution >= 4 is 0 Å². The van der Waals surface area contributed by atoms with Crippen molar-refractivity contribution in [2.75, 3.05) is 27.7 Å². The number of quaternary nitrogens is 1. The fourth-order valence-corrected chi connectivity index (χ4v) is 2.38. The Bertz CT molecular complexity index is 157. The van der Waals surface area contributed by atoms with Gasteiger partial charge in [-0.05, 0) is 37.0 Å². The number of rotatable bonds is 4. The molecule has 0 spiro atoms. The molecule has 0 heterocycles. The lowest BCUT2D eigenvalue weighted by Crippen LogP contribution is -2.37. The molecule has 1 heteroatoms. The van der Waals surface area contributed by atoms with Crippen LogP contribution in [0.2, 0.25) is 0 Å². The topological polar surface area (TPSA) is 0 Å². The molecule has 0 aliphatic heterocycles. The highest BCUT2D eigenvalue weighted by atomic mass is 15.3. The van der Waals surface area contributed by atoms with Gasteiger partial charge in [-0.25, -0.2) is 0 Å². The summed E-state index contributed by atoms with van der Waals surface area (Å²) in [5.74, 6) is 3.03. The number of hydrogen-bond acceptors (Lipinski definition) is 0. The van der Waals surface area contributed by atoms with E-state index < -0.39 is 0 Å². The van der Waals surface area contributed by atoms with E-state index in [1.165, 1.54) is 25.8 Å². The first-order chi connectivity index (χ1) is 5.90. The summed E-state index contributed by atoms with van der Waals surface area (Å²) in [7, 11) is 6.85. The normalized spacial score (nSPS) is 34.4. The van der Waals surface area contributed by atoms with Crippen LogP contribution in [0, 0.1) is 17.8 Å². The molecule has 0 aromatic rings. The second-order valence-corrected chi connectivity index (χ2v) is 5.99. The zero-order valence-corrected chi connectivity index (χ0v) is 10.0. The smallest absolute Gasteiger partial charge is 0.0780 e. The van der Waals surface area contributed by atoms with E-state index in [2.05, 4.69) is 35.0 Å². The highest BCUT2D eigenvalue weighted by Gasteiger charge is 2.33. The van der Waals surface area contributed by atoms with Crippen molar-refractivity contribution in [3.63, 3.8) is 0 Å². The molecule has 78 valence electrons. The zero-order chi connectivity index (χ0) is 10.1. The van der Waals surface area contributed by atoms with Gasteiger partial charge in [0.2, 0.25) is 0 Å². The summed E-state index contributed by atoms with van der Waals surface area (Å²) in [4.78, 5) is 0. The molecule has 0 N–H and O–H groups in total. The molecule has 3 unspecified atom stereocenters. The molecule has 0 amide bonds. The third-order valence-electron chi connectivity index (χ3n) is 3.72. The first-order valence-electron chi connectivity index (χ1n) is 5.70. The molecular weight excluding hydrogens is 158 g/mol. The number of nitrogens with zero attached hydrogens (tertiary/aromatic N) is 1. The van der Waals surface area contributed by atoms with E-state index in [4.69, 9.17) is 0 Å². The lowest BCUT2D eigenvalue weighted by Gasteiger charge is -2.41. The van der Waals surface area contributed by atoms with Crippen LogP contribution in [0.4, 0.5) is 0 Å². The molecule has 0 bridgehead atoms. The van der Waals surface area contributed by atoms with Gasteiger partial charge in [0.15, 0.2) is 0 Å². The lowest BCUT2D eigenvalue weighted by molar-refractivity contribution is -0.870. The molecule has 1 nitrogen and oxygen atoms in total. The van der Waals surface area contributed by atoms with Gasteiger partial charge in [-0.2, -0.15) is 0 Å². The Balaban J connectivity index is 2.08. The summed E-state index contributed by atoms with van der Waals surface area (Å²) in [5.41, 5.74) is 0. The van der Waals surface area contributed by atoms with Crippen LogP contribution in [0.3, 0.4) is 0 Å². The Hall–Kier alpha value is -0.0400. The van der Waals surface area contributed by atoms with E-state index >= 15 is 0 Å². The summed E-state index contributed by atoms with van der Waals surface area (Å²) in [6.45, 7) is 6.14. The second kappa shape index (κ2) is 4.00. The molecule has 1 aliphatic carbocycles. The van der Waals surface area contributed by atoms with E-state index in [1.54, 1.807) is 0 Å². The average Bonchev–Trinajstić information content (AvgIpc) is 2.00. The highest BCUT2D eigenvalue weighted by molar-refractivity contribution is 4.83. The summed E-state index contributed by atoms with van der Waals surface area (Å²) < 4.78 is 1.12. The van der Waals surface area contributed by atoms with E-state index in [0.29, 0.717) is 0 Å². The molecular formula is C12H26N+. The van der Waals surface area contributed by atoms with Crippen molar-refractivity contribution in [2.45, 2.75) is 33.1 Å². The van der Waals surface area contributed by atoms with Gasteiger partial charge >= 0.3 is 0 Å². The minimum absolute atomic E-state index is 0.993. The van der Waals surface area contributed by atoms with Crippen molar-refractivity contribution in [3.05, 3.63) is 0 Å². The maximum Gasteiger partial charge on any atom is 0.0780 e. The predicted octanol–water partition coefficient (Wildman–Crippen LogP) is 2.76. The molecule has 0 saturated heterocycles.